The van der Waals surface area contributed by atoms with E-state index in [0.29, 0.717) is 6.20 Å². The zero-order valence-electron chi connectivity index (χ0n) is 10.1. The number of rotatable bonds is 3. The Hall–Kier alpha value is -1.98. The molecule has 4 nitrogen and oxygen atoms in total. The lowest BCUT2D eigenvalue weighted by Crippen LogP contribution is -2.13. The number of nitriles is 1. The number of ketones is 1. The number of nitrogens with zero attached hydrogens (tertiary/aromatic N) is 3. The molecule has 0 radical (unpaired) electrons. The normalized spacial score (nSPS) is 12.7. The Balaban J connectivity index is 2.33. The Kier molecular flexibility index (Phi) is 4.25. The van der Waals surface area contributed by atoms with Crippen LogP contribution in [0.15, 0.2) is 23.8 Å². The Morgan fingerprint density at radius 3 is 2.52 bits per heavy atom. The van der Waals surface area contributed by atoms with E-state index < -0.39 is 23.4 Å². The summed E-state index contributed by atoms with van der Waals surface area (Å²) in [4.78, 5) is 19.4. The Labute approximate surface area is 125 Å². The highest BCUT2D eigenvalue weighted by molar-refractivity contribution is 7.12. The lowest BCUT2D eigenvalue weighted by atomic mass is 10.00. The van der Waals surface area contributed by atoms with Gasteiger partial charge in [0.25, 0.3) is 0 Å². The number of pyridine rings is 1. The minimum Gasteiger partial charge on any atom is -0.291 e. The molecule has 2 aromatic heterocycles. The second-order valence-corrected chi connectivity index (χ2v) is 5.08. The Bertz CT molecular complexity index is 706. The second kappa shape index (κ2) is 5.79. The maximum absolute atomic E-state index is 12.4. The van der Waals surface area contributed by atoms with Gasteiger partial charge >= 0.3 is 6.18 Å². The van der Waals surface area contributed by atoms with Crippen molar-refractivity contribution < 1.29 is 18.0 Å². The number of Topliss-reactive ketones (excluding diaryl/α,β-unsaturated/α-hetero) is 1. The maximum atomic E-state index is 12.4. The SMILES string of the molecule is N#C[C@@H](C(=O)c1scnc1Cl)c1ccc(C(F)(F)F)cn1. The smallest absolute Gasteiger partial charge is 0.291 e. The van der Waals surface area contributed by atoms with Crippen LogP contribution in [0.3, 0.4) is 0 Å². The largest absolute Gasteiger partial charge is 0.417 e. The predicted molar refractivity (Wildman–Crippen MR) is 69.0 cm³/mol. The molecule has 0 N–H and O–H groups in total. The molecule has 0 aliphatic carbocycles. The molecule has 0 saturated carbocycles. The van der Waals surface area contributed by atoms with Gasteiger partial charge in [-0.15, -0.1) is 11.3 Å². The molecule has 108 valence electrons. The van der Waals surface area contributed by atoms with Gasteiger partial charge in [-0.2, -0.15) is 18.4 Å². The van der Waals surface area contributed by atoms with Crippen LogP contribution < -0.4 is 0 Å². The van der Waals surface area contributed by atoms with Gasteiger partial charge in [0.1, 0.15) is 4.88 Å². The van der Waals surface area contributed by atoms with E-state index in [1.54, 1.807) is 6.07 Å². The molecular weight excluding hydrogens is 327 g/mol. The summed E-state index contributed by atoms with van der Waals surface area (Å²) in [6.45, 7) is 0. The average molecular weight is 332 g/mol. The molecule has 0 amide bonds. The van der Waals surface area contributed by atoms with Crippen LogP contribution in [0.4, 0.5) is 13.2 Å². The summed E-state index contributed by atoms with van der Waals surface area (Å²) in [6.07, 6.45) is -3.94. The molecule has 0 unspecified atom stereocenters. The van der Waals surface area contributed by atoms with Crippen LogP contribution in [0, 0.1) is 11.3 Å². The molecule has 0 saturated heterocycles. The zero-order valence-corrected chi connectivity index (χ0v) is 11.6. The predicted octanol–water partition coefficient (Wildman–Crippen LogP) is 3.70. The van der Waals surface area contributed by atoms with E-state index >= 15 is 0 Å². The number of hydrogen-bond donors (Lipinski definition) is 0. The zero-order chi connectivity index (χ0) is 15.6. The van der Waals surface area contributed by atoms with Crippen LogP contribution in [-0.4, -0.2) is 15.8 Å². The Morgan fingerprint density at radius 2 is 2.10 bits per heavy atom. The van der Waals surface area contributed by atoms with Crippen molar-refractivity contribution in [1.29, 1.82) is 5.26 Å². The first-order chi connectivity index (χ1) is 9.84. The van der Waals surface area contributed by atoms with Crippen molar-refractivity contribution in [1.82, 2.24) is 9.97 Å². The van der Waals surface area contributed by atoms with E-state index in [-0.39, 0.29) is 15.7 Å². The highest BCUT2D eigenvalue weighted by Gasteiger charge is 2.32. The summed E-state index contributed by atoms with van der Waals surface area (Å²) in [7, 11) is 0. The van der Waals surface area contributed by atoms with E-state index in [9.17, 15) is 18.0 Å². The molecule has 2 heterocycles. The van der Waals surface area contributed by atoms with Gasteiger partial charge in [0, 0.05) is 6.20 Å². The standard InChI is InChI=1S/C12H5ClF3N3OS/c13-11-10(21-5-19-11)9(20)7(3-17)8-2-1-6(4-18-8)12(14,15)16/h1-2,4-5,7H/t7-/m1/s1. The van der Waals surface area contributed by atoms with Crippen LogP contribution in [0.25, 0.3) is 0 Å². The maximum Gasteiger partial charge on any atom is 0.417 e. The van der Waals surface area contributed by atoms with Crippen LogP contribution in [0.1, 0.15) is 26.8 Å². The third-order valence-electron chi connectivity index (χ3n) is 2.55. The molecule has 0 aliphatic rings. The summed E-state index contributed by atoms with van der Waals surface area (Å²) < 4.78 is 37.3. The minimum absolute atomic E-state index is 0.0443. The highest BCUT2D eigenvalue weighted by atomic mass is 35.5. The van der Waals surface area contributed by atoms with E-state index in [0.717, 1.165) is 23.5 Å². The van der Waals surface area contributed by atoms with E-state index in [1.807, 2.05) is 0 Å². The third kappa shape index (κ3) is 3.20. The summed E-state index contributed by atoms with van der Waals surface area (Å²) in [6, 6.07) is 3.49. The van der Waals surface area contributed by atoms with Gasteiger partial charge in [0.15, 0.2) is 16.9 Å². The number of hydrogen-bond acceptors (Lipinski definition) is 5. The number of carbonyl (C=O) groups is 1. The van der Waals surface area contributed by atoms with Crippen molar-refractivity contribution in [2.75, 3.05) is 0 Å². The summed E-state index contributed by atoms with van der Waals surface area (Å²) in [5.41, 5.74) is 0.315. The van der Waals surface area contributed by atoms with Crippen LogP contribution in [0.5, 0.6) is 0 Å². The van der Waals surface area contributed by atoms with Gasteiger partial charge in [0.05, 0.1) is 22.8 Å². The second-order valence-electron chi connectivity index (χ2n) is 3.87. The van der Waals surface area contributed by atoms with Gasteiger partial charge in [-0.05, 0) is 12.1 Å². The molecule has 0 bridgehead atoms. The topological polar surface area (TPSA) is 66.6 Å². The Morgan fingerprint density at radius 1 is 1.38 bits per heavy atom. The molecular formula is C12H5ClF3N3OS. The first kappa shape index (κ1) is 15.4. The summed E-state index contributed by atoms with van der Waals surface area (Å²) in [5.74, 6) is -1.97. The number of carbonyl (C=O) groups excluding carboxylic acids is 1. The van der Waals surface area contributed by atoms with Crippen molar-refractivity contribution in [3.05, 3.63) is 45.1 Å². The fraction of sp³-hybridized carbons (Fsp3) is 0.167. The quantitative estimate of drug-likeness (QED) is 0.804. The van der Waals surface area contributed by atoms with E-state index in [2.05, 4.69) is 9.97 Å². The fourth-order valence-corrected chi connectivity index (χ4v) is 2.51. The minimum atomic E-state index is -4.53. The number of alkyl halides is 3. The van der Waals surface area contributed by atoms with E-state index in [4.69, 9.17) is 16.9 Å². The van der Waals surface area contributed by atoms with Crippen LogP contribution in [0.2, 0.25) is 5.15 Å². The van der Waals surface area contributed by atoms with Gasteiger partial charge in [-0.25, -0.2) is 4.98 Å². The van der Waals surface area contributed by atoms with Crippen LogP contribution >= 0.6 is 22.9 Å². The number of aromatic nitrogens is 2. The number of halogens is 4. The molecule has 1 atom stereocenters. The van der Waals surface area contributed by atoms with Gasteiger partial charge < -0.3 is 0 Å². The van der Waals surface area contributed by atoms with Crippen molar-refractivity contribution in [2.24, 2.45) is 0 Å². The molecule has 2 aromatic rings. The average Bonchev–Trinajstić information content (AvgIpc) is 2.85. The van der Waals surface area contributed by atoms with Gasteiger partial charge in [-0.1, -0.05) is 11.6 Å². The third-order valence-corrected chi connectivity index (χ3v) is 3.79. The van der Waals surface area contributed by atoms with Crippen molar-refractivity contribution in [3.8, 4) is 6.07 Å². The monoisotopic (exact) mass is 331 g/mol. The summed E-state index contributed by atoms with van der Waals surface area (Å²) in [5, 5.41) is 9.03. The lowest BCUT2D eigenvalue weighted by molar-refractivity contribution is -0.137. The van der Waals surface area contributed by atoms with Crippen LogP contribution in [-0.2, 0) is 6.18 Å². The molecule has 0 fully saturated rings. The molecule has 0 aliphatic heterocycles. The van der Waals surface area contributed by atoms with Crippen molar-refractivity contribution in [2.45, 2.75) is 12.1 Å². The van der Waals surface area contributed by atoms with Gasteiger partial charge in [-0.3, -0.25) is 9.78 Å². The van der Waals surface area contributed by atoms with Gasteiger partial charge in [0.2, 0.25) is 0 Å². The molecule has 2 rings (SSSR count). The first-order valence-electron chi connectivity index (χ1n) is 5.40. The summed E-state index contributed by atoms with van der Waals surface area (Å²) >= 11 is 6.66. The highest BCUT2D eigenvalue weighted by Crippen LogP contribution is 2.30. The molecule has 9 heteroatoms. The molecule has 0 aromatic carbocycles. The van der Waals surface area contributed by atoms with Crippen molar-refractivity contribution in [3.63, 3.8) is 0 Å². The van der Waals surface area contributed by atoms with E-state index in [1.165, 1.54) is 5.51 Å². The lowest BCUT2D eigenvalue weighted by Gasteiger charge is -2.09. The molecule has 21 heavy (non-hydrogen) atoms. The van der Waals surface area contributed by atoms with Crippen molar-refractivity contribution >= 4 is 28.7 Å². The first-order valence-corrected chi connectivity index (χ1v) is 6.66. The number of thiazole rings is 1. The fourth-order valence-electron chi connectivity index (χ4n) is 1.53. The molecule has 0 spiro atoms.